The van der Waals surface area contributed by atoms with Crippen molar-refractivity contribution >= 4 is 5.57 Å². The molecule has 0 saturated heterocycles. The first kappa shape index (κ1) is 21.0. The van der Waals surface area contributed by atoms with Crippen molar-refractivity contribution in [3.63, 3.8) is 0 Å². The van der Waals surface area contributed by atoms with Gasteiger partial charge in [-0.05, 0) is 84.2 Å². The van der Waals surface area contributed by atoms with E-state index in [0.29, 0.717) is 11.6 Å². The summed E-state index contributed by atoms with van der Waals surface area (Å²) >= 11 is 0. The molecule has 3 nitrogen and oxygen atoms in total. The van der Waals surface area contributed by atoms with Crippen LogP contribution in [0.3, 0.4) is 0 Å². The molecule has 0 saturated carbocycles. The monoisotopic (exact) mass is 407 g/mol. The van der Waals surface area contributed by atoms with E-state index in [0.717, 1.165) is 19.4 Å². The van der Waals surface area contributed by atoms with Crippen LogP contribution in [-0.4, -0.2) is 11.0 Å². The van der Waals surface area contributed by atoms with E-state index in [4.69, 9.17) is 5.26 Å². The molecular formula is C28H29N3. The largest absolute Gasteiger partial charge is 0.306 e. The van der Waals surface area contributed by atoms with E-state index >= 15 is 0 Å². The maximum absolute atomic E-state index is 9.01. The summed E-state index contributed by atoms with van der Waals surface area (Å²) in [4.78, 5) is 4.37. The molecule has 31 heavy (non-hydrogen) atoms. The van der Waals surface area contributed by atoms with Crippen LogP contribution < -0.4 is 5.32 Å². The molecule has 1 aliphatic rings. The molecule has 0 spiro atoms. The maximum Gasteiger partial charge on any atom is 0.0991 e. The molecule has 0 fully saturated rings. The summed E-state index contributed by atoms with van der Waals surface area (Å²) in [5.41, 5.74) is 8.64. The highest BCUT2D eigenvalue weighted by Gasteiger charge is 2.15. The average Bonchev–Trinajstić information content (AvgIpc) is 3.05. The van der Waals surface area contributed by atoms with Crippen molar-refractivity contribution in [2.45, 2.75) is 51.6 Å². The Kier molecular flexibility index (Phi) is 6.92. The Hall–Kier alpha value is -3.22. The van der Waals surface area contributed by atoms with Gasteiger partial charge in [0.05, 0.1) is 11.6 Å². The molecule has 1 N–H and O–H groups in total. The van der Waals surface area contributed by atoms with E-state index in [2.05, 4.69) is 59.7 Å². The Morgan fingerprint density at radius 3 is 2.68 bits per heavy atom. The summed E-state index contributed by atoms with van der Waals surface area (Å²) in [6, 6.07) is 21.2. The third kappa shape index (κ3) is 5.48. The van der Waals surface area contributed by atoms with Crippen molar-refractivity contribution < 1.29 is 0 Å². The third-order valence-electron chi connectivity index (χ3n) is 6.14. The Bertz CT molecular complexity index is 1090. The lowest BCUT2D eigenvalue weighted by atomic mass is 9.96. The topological polar surface area (TPSA) is 48.7 Å². The highest BCUT2D eigenvalue weighted by Crippen LogP contribution is 2.28. The van der Waals surface area contributed by atoms with Gasteiger partial charge in [-0.25, -0.2) is 0 Å². The van der Waals surface area contributed by atoms with Gasteiger partial charge in [-0.1, -0.05) is 48.9 Å². The number of benzene rings is 2. The molecule has 1 atom stereocenters. The molecule has 3 heteroatoms. The SMILES string of the molecule is Cc1ccccc1C1=CC(NCc2cnccc2Cc2ccc(C#N)cc2)CCCC1. The van der Waals surface area contributed by atoms with Gasteiger partial charge >= 0.3 is 0 Å². The van der Waals surface area contributed by atoms with Crippen molar-refractivity contribution in [2.75, 3.05) is 0 Å². The second-order valence-electron chi connectivity index (χ2n) is 8.37. The molecule has 2 aromatic carbocycles. The molecule has 3 aromatic rings. The smallest absolute Gasteiger partial charge is 0.0991 e. The fraction of sp³-hybridized carbons (Fsp3) is 0.286. The van der Waals surface area contributed by atoms with E-state index < -0.39 is 0 Å². The predicted molar refractivity (Wildman–Crippen MR) is 126 cm³/mol. The van der Waals surface area contributed by atoms with Crippen molar-refractivity contribution in [3.05, 3.63) is 106 Å². The van der Waals surface area contributed by atoms with Gasteiger partial charge in [0.1, 0.15) is 0 Å². The fourth-order valence-electron chi connectivity index (χ4n) is 4.35. The first-order chi connectivity index (χ1) is 15.2. The molecule has 1 aromatic heterocycles. The molecule has 0 bridgehead atoms. The normalized spacial score (nSPS) is 16.3. The molecule has 1 unspecified atom stereocenters. The van der Waals surface area contributed by atoms with E-state index in [-0.39, 0.29) is 0 Å². The Morgan fingerprint density at radius 1 is 1.03 bits per heavy atom. The highest BCUT2D eigenvalue weighted by molar-refractivity contribution is 5.69. The lowest BCUT2D eigenvalue weighted by molar-refractivity contribution is 0.537. The van der Waals surface area contributed by atoms with Crippen LogP contribution in [0.4, 0.5) is 0 Å². The van der Waals surface area contributed by atoms with Crippen LogP contribution in [0, 0.1) is 18.3 Å². The first-order valence-corrected chi connectivity index (χ1v) is 11.1. The fourth-order valence-corrected chi connectivity index (χ4v) is 4.35. The number of aryl methyl sites for hydroxylation is 1. The van der Waals surface area contributed by atoms with Gasteiger partial charge < -0.3 is 5.32 Å². The number of pyridine rings is 1. The lowest BCUT2D eigenvalue weighted by Crippen LogP contribution is -2.27. The molecule has 0 aliphatic heterocycles. The zero-order valence-electron chi connectivity index (χ0n) is 18.1. The van der Waals surface area contributed by atoms with Gasteiger partial charge in [0.2, 0.25) is 0 Å². The number of aromatic nitrogens is 1. The zero-order chi connectivity index (χ0) is 21.5. The number of nitriles is 1. The molecule has 0 amide bonds. The molecule has 0 radical (unpaired) electrons. The zero-order valence-corrected chi connectivity index (χ0v) is 18.1. The number of allylic oxidation sites excluding steroid dienone is 1. The van der Waals surface area contributed by atoms with Crippen LogP contribution in [0.2, 0.25) is 0 Å². The average molecular weight is 408 g/mol. The van der Waals surface area contributed by atoms with Crippen molar-refractivity contribution in [1.82, 2.24) is 10.3 Å². The quantitative estimate of drug-likeness (QED) is 0.548. The van der Waals surface area contributed by atoms with Crippen molar-refractivity contribution in [3.8, 4) is 6.07 Å². The summed E-state index contributed by atoms with van der Waals surface area (Å²) in [7, 11) is 0. The maximum atomic E-state index is 9.01. The van der Waals surface area contributed by atoms with Crippen LogP contribution >= 0.6 is 0 Å². The summed E-state index contributed by atoms with van der Waals surface area (Å²) in [5, 5.41) is 12.8. The van der Waals surface area contributed by atoms with Gasteiger partial charge in [0.25, 0.3) is 0 Å². The van der Waals surface area contributed by atoms with Gasteiger partial charge in [0, 0.05) is 25.0 Å². The number of nitrogens with one attached hydrogen (secondary N) is 1. The van der Waals surface area contributed by atoms with Gasteiger partial charge in [-0.15, -0.1) is 0 Å². The van der Waals surface area contributed by atoms with Crippen LogP contribution in [0.25, 0.3) is 5.57 Å². The molecular weight excluding hydrogens is 378 g/mol. The minimum absolute atomic E-state index is 0.375. The van der Waals surface area contributed by atoms with E-state index in [1.54, 1.807) is 0 Å². The summed E-state index contributed by atoms with van der Waals surface area (Å²) in [5.74, 6) is 0. The molecule has 1 heterocycles. The summed E-state index contributed by atoms with van der Waals surface area (Å²) in [6.07, 6.45) is 12.0. The second kappa shape index (κ2) is 10.2. The van der Waals surface area contributed by atoms with Crippen LogP contribution in [0.1, 0.15) is 59.1 Å². The van der Waals surface area contributed by atoms with Gasteiger partial charge in [-0.3, -0.25) is 4.98 Å². The van der Waals surface area contributed by atoms with Crippen LogP contribution in [0.15, 0.2) is 73.1 Å². The van der Waals surface area contributed by atoms with E-state index in [1.165, 1.54) is 52.7 Å². The molecule has 1 aliphatic carbocycles. The summed E-state index contributed by atoms with van der Waals surface area (Å²) in [6.45, 7) is 3.01. The number of nitrogens with zero attached hydrogens (tertiary/aromatic N) is 2. The Labute approximate surface area is 185 Å². The van der Waals surface area contributed by atoms with Crippen LogP contribution in [0.5, 0.6) is 0 Å². The predicted octanol–water partition coefficient (Wildman–Crippen LogP) is 5.97. The Morgan fingerprint density at radius 2 is 1.87 bits per heavy atom. The summed E-state index contributed by atoms with van der Waals surface area (Å²) < 4.78 is 0. The number of hydrogen-bond donors (Lipinski definition) is 1. The van der Waals surface area contributed by atoms with Gasteiger partial charge in [-0.2, -0.15) is 5.26 Å². The minimum Gasteiger partial charge on any atom is -0.306 e. The van der Waals surface area contributed by atoms with Crippen molar-refractivity contribution in [1.29, 1.82) is 5.26 Å². The number of hydrogen-bond acceptors (Lipinski definition) is 3. The lowest BCUT2D eigenvalue weighted by Gasteiger charge is -2.17. The minimum atomic E-state index is 0.375. The van der Waals surface area contributed by atoms with E-state index in [9.17, 15) is 0 Å². The third-order valence-corrected chi connectivity index (χ3v) is 6.14. The highest BCUT2D eigenvalue weighted by atomic mass is 14.9. The molecule has 156 valence electrons. The standard InChI is InChI=1S/C28H29N3/c1-21-6-2-5-9-28(21)25-7-3-4-8-27(17-25)31-20-26-19-30-15-14-24(26)16-22-10-12-23(18-29)13-11-22/h2,5-6,9-15,17,19,27,31H,3-4,7-8,16,20H2,1H3. The number of rotatable bonds is 6. The van der Waals surface area contributed by atoms with E-state index in [1.807, 2.05) is 36.7 Å². The van der Waals surface area contributed by atoms with Gasteiger partial charge in [0.15, 0.2) is 0 Å². The Balaban J connectivity index is 1.47. The first-order valence-electron chi connectivity index (χ1n) is 11.1. The van der Waals surface area contributed by atoms with Crippen LogP contribution in [-0.2, 0) is 13.0 Å². The van der Waals surface area contributed by atoms with Crippen molar-refractivity contribution in [2.24, 2.45) is 0 Å². The molecule has 4 rings (SSSR count). The second-order valence-corrected chi connectivity index (χ2v) is 8.37.